The lowest BCUT2D eigenvalue weighted by molar-refractivity contribution is -0.138. The van der Waals surface area contributed by atoms with Crippen LogP contribution in [0.2, 0.25) is 0 Å². The Kier molecular flexibility index (Phi) is 6.85. The molecule has 1 aromatic rings. The molecular formula is C17H29N3O. The molecule has 0 heterocycles. The van der Waals surface area contributed by atoms with Crippen LogP contribution < -0.4 is 5.73 Å². The minimum Gasteiger partial charge on any atom is -0.335 e. The van der Waals surface area contributed by atoms with Crippen molar-refractivity contribution in [3.05, 3.63) is 35.9 Å². The van der Waals surface area contributed by atoms with Gasteiger partial charge in [-0.15, -0.1) is 0 Å². The van der Waals surface area contributed by atoms with Gasteiger partial charge in [0.2, 0.25) is 5.91 Å². The summed E-state index contributed by atoms with van der Waals surface area (Å²) in [4.78, 5) is 16.8. The number of likely N-dealkylation sites (N-methyl/N-ethyl adjacent to an activating group) is 1. The van der Waals surface area contributed by atoms with Gasteiger partial charge in [0.1, 0.15) is 0 Å². The first-order valence-corrected chi connectivity index (χ1v) is 7.70. The van der Waals surface area contributed by atoms with Crippen molar-refractivity contribution in [3.63, 3.8) is 0 Å². The number of carbonyl (C=O) groups is 1. The second-order valence-electron chi connectivity index (χ2n) is 5.88. The standard InChI is InChI=1S/C17H29N3O/c1-5-17(18,6-2)16(21)20(13-12-19(3)4)14-15-10-8-7-9-11-15/h7-11H,5-6,12-14,18H2,1-4H3. The van der Waals surface area contributed by atoms with Gasteiger partial charge in [0.25, 0.3) is 0 Å². The molecule has 118 valence electrons. The van der Waals surface area contributed by atoms with Crippen molar-refractivity contribution >= 4 is 5.91 Å². The Morgan fingerprint density at radius 1 is 1.10 bits per heavy atom. The highest BCUT2D eigenvalue weighted by molar-refractivity contribution is 5.86. The molecule has 0 aliphatic heterocycles. The summed E-state index contributed by atoms with van der Waals surface area (Å²) in [7, 11) is 4.03. The lowest BCUT2D eigenvalue weighted by Crippen LogP contribution is -2.55. The van der Waals surface area contributed by atoms with Gasteiger partial charge in [-0.05, 0) is 32.5 Å². The number of rotatable bonds is 8. The summed E-state index contributed by atoms with van der Waals surface area (Å²) in [6.07, 6.45) is 1.32. The van der Waals surface area contributed by atoms with Crippen molar-refractivity contribution in [2.45, 2.75) is 38.8 Å². The molecule has 1 amide bonds. The fraction of sp³-hybridized carbons (Fsp3) is 0.588. The Hall–Kier alpha value is -1.39. The molecule has 0 aliphatic rings. The third-order valence-electron chi connectivity index (χ3n) is 4.01. The third kappa shape index (κ3) is 5.14. The first kappa shape index (κ1) is 17.7. The van der Waals surface area contributed by atoms with E-state index in [-0.39, 0.29) is 5.91 Å². The van der Waals surface area contributed by atoms with Gasteiger partial charge in [-0.25, -0.2) is 0 Å². The summed E-state index contributed by atoms with van der Waals surface area (Å²) in [5.41, 5.74) is 6.69. The lowest BCUT2D eigenvalue weighted by Gasteiger charge is -2.34. The van der Waals surface area contributed by atoms with Crippen LogP contribution >= 0.6 is 0 Å². The predicted octanol–water partition coefficient (Wildman–Crippen LogP) is 2.09. The molecule has 0 saturated carbocycles. The molecule has 21 heavy (non-hydrogen) atoms. The van der Waals surface area contributed by atoms with Crippen molar-refractivity contribution in [2.24, 2.45) is 5.73 Å². The number of amides is 1. The molecule has 2 N–H and O–H groups in total. The van der Waals surface area contributed by atoms with E-state index in [4.69, 9.17) is 5.73 Å². The molecule has 4 heteroatoms. The van der Waals surface area contributed by atoms with E-state index < -0.39 is 5.54 Å². The largest absolute Gasteiger partial charge is 0.335 e. The minimum atomic E-state index is -0.749. The molecule has 1 aromatic carbocycles. The van der Waals surface area contributed by atoms with Gasteiger partial charge in [0, 0.05) is 19.6 Å². The molecule has 0 unspecified atom stereocenters. The van der Waals surface area contributed by atoms with Gasteiger partial charge in [0.15, 0.2) is 0 Å². The average Bonchev–Trinajstić information content (AvgIpc) is 2.50. The predicted molar refractivity (Wildman–Crippen MR) is 87.9 cm³/mol. The number of benzene rings is 1. The van der Waals surface area contributed by atoms with Crippen molar-refractivity contribution in [1.29, 1.82) is 0 Å². The highest BCUT2D eigenvalue weighted by atomic mass is 16.2. The number of nitrogens with zero attached hydrogens (tertiary/aromatic N) is 2. The zero-order valence-corrected chi connectivity index (χ0v) is 13.8. The Morgan fingerprint density at radius 3 is 2.14 bits per heavy atom. The Morgan fingerprint density at radius 2 is 1.67 bits per heavy atom. The molecule has 0 spiro atoms. The quantitative estimate of drug-likeness (QED) is 0.798. The van der Waals surface area contributed by atoms with E-state index in [1.165, 1.54) is 0 Å². The molecule has 0 aliphatic carbocycles. The van der Waals surface area contributed by atoms with Crippen LogP contribution in [0, 0.1) is 0 Å². The fourth-order valence-corrected chi connectivity index (χ4v) is 2.24. The van der Waals surface area contributed by atoms with E-state index in [1.807, 2.05) is 63.2 Å². The van der Waals surface area contributed by atoms with Crippen molar-refractivity contribution < 1.29 is 4.79 Å². The van der Waals surface area contributed by atoms with E-state index in [2.05, 4.69) is 4.90 Å². The molecule has 0 fully saturated rings. The zero-order valence-electron chi connectivity index (χ0n) is 13.8. The topological polar surface area (TPSA) is 49.6 Å². The van der Waals surface area contributed by atoms with E-state index in [9.17, 15) is 4.79 Å². The SMILES string of the molecule is CCC(N)(CC)C(=O)N(CCN(C)C)Cc1ccccc1. The highest BCUT2D eigenvalue weighted by Crippen LogP contribution is 2.17. The molecule has 0 aromatic heterocycles. The number of hydrogen-bond acceptors (Lipinski definition) is 3. The van der Waals surface area contributed by atoms with Crippen LogP contribution in [0.4, 0.5) is 0 Å². The Bertz CT molecular complexity index is 427. The molecule has 1 rings (SSSR count). The van der Waals surface area contributed by atoms with E-state index in [0.717, 1.165) is 12.1 Å². The van der Waals surface area contributed by atoms with Crippen LogP contribution in [0.1, 0.15) is 32.3 Å². The van der Waals surface area contributed by atoms with Crippen LogP contribution in [0.5, 0.6) is 0 Å². The zero-order chi connectivity index (χ0) is 15.9. The van der Waals surface area contributed by atoms with Crippen LogP contribution in [-0.2, 0) is 11.3 Å². The van der Waals surface area contributed by atoms with Crippen molar-refractivity contribution in [2.75, 3.05) is 27.2 Å². The molecule has 0 saturated heterocycles. The van der Waals surface area contributed by atoms with Crippen LogP contribution in [-0.4, -0.2) is 48.4 Å². The summed E-state index contributed by atoms with van der Waals surface area (Å²) in [5.74, 6) is 0.0539. The van der Waals surface area contributed by atoms with Gasteiger partial charge in [-0.2, -0.15) is 0 Å². The summed E-state index contributed by atoms with van der Waals surface area (Å²) in [5, 5.41) is 0. The second kappa shape index (κ2) is 8.15. The maximum absolute atomic E-state index is 12.8. The molecule has 0 radical (unpaired) electrons. The number of hydrogen-bond donors (Lipinski definition) is 1. The normalized spacial score (nSPS) is 11.7. The highest BCUT2D eigenvalue weighted by Gasteiger charge is 2.33. The van der Waals surface area contributed by atoms with E-state index in [0.29, 0.717) is 25.9 Å². The first-order chi connectivity index (χ1) is 9.92. The Balaban J connectivity index is 2.88. The van der Waals surface area contributed by atoms with Crippen LogP contribution in [0.3, 0.4) is 0 Å². The third-order valence-corrected chi connectivity index (χ3v) is 4.01. The van der Waals surface area contributed by atoms with Crippen molar-refractivity contribution in [3.8, 4) is 0 Å². The number of carbonyl (C=O) groups excluding carboxylic acids is 1. The average molecular weight is 291 g/mol. The Labute approximate surface area is 128 Å². The maximum atomic E-state index is 12.8. The molecule has 0 atom stereocenters. The van der Waals surface area contributed by atoms with Gasteiger partial charge in [-0.3, -0.25) is 4.79 Å². The van der Waals surface area contributed by atoms with E-state index >= 15 is 0 Å². The smallest absolute Gasteiger partial charge is 0.242 e. The van der Waals surface area contributed by atoms with Crippen LogP contribution in [0.25, 0.3) is 0 Å². The van der Waals surface area contributed by atoms with Crippen molar-refractivity contribution in [1.82, 2.24) is 9.80 Å². The molecule has 4 nitrogen and oxygen atoms in total. The first-order valence-electron chi connectivity index (χ1n) is 7.70. The summed E-state index contributed by atoms with van der Waals surface area (Å²) in [6.45, 7) is 6.11. The summed E-state index contributed by atoms with van der Waals surface area (Å²) >= 11 is 0. The minimum absolute atomic E-state index is 0.0539. The fourth-order valence-electron chi connectivity index (χ4n) is 2.24. The second-order valence-corrected chi connectivity index (χ2v) is 5.88. The monoisotopic (exact) mass is 291 g/mol. The summed E-state index contributed by atoms with van der Waals surface area (Å²) in [6, 6.07) is 10.1. The maximum Gasteiger partial charge on any atom is 0.242 e. The molecular weight excluding hydrogens is 262 g/mol. The lowest BCUT2D eigenvalue weighted by atomic mass is 9.92. The number of nitrogens with two attached hydrogens (primary N) is 1. The van der Waals surface area contributed by atoms with Gasteiger partial charge < -0.3 is 15.5 Å². The van der Waals surface area contributed by atoms with E-state index in [1.54, 1.807) is 0 Å². The van der Waals surface area contributed by atoms with Gasteiger partial charge in [-0.1, -0.05) is 44.2 Å². The van der Waals surface area contributed by atoms with Gasteiger partial charge >= 0.3 is 0 Å². The molecule has 0 bridgehead atoms. The van der Waals surface area contributed by atoms with Gasteiger partial charge in [0.05, 0.1) is 5.54 Å². The summed E-state index contributed by atoms with van der Waals surface area (Å²) < 4.78 is 0. The van der Waals surface area contributed by atoms with Crippen LogP contribution in [0.15, 0.2) is 30.3 Å².